The summed E-state index contributed by atoms with van der Waals surface area (Å²) in [7, 11) is 0. The average molecular weight is 427 g/mol. The highest BCUT2D eigenvalue weighted by atomic mass is 79.9. The van der Waals surface area contributed by atoms with E-state index < -0.39 is 29.5 Å². The zero-order chi connectivity index (χ0) is 18.9. The van der Waals surface area contributed by atoms with Gasteiger partial charge >= 0.3 is 6.18 Å². The lowest BCUT2D eigenvalue weighted by atomic mass is 10.1. The van der Waals surface area contributed by atoms with Crippen LogP contribution < -0.4 is 10.9 Å². The van der Waals surface area contributed by atoms with Crippen LogP contribution in [0.2, 0.25) is 0 Å². The summed E-state index contributed by atoms with van der Waals surface area (Å²) in [5, 5.41) is 0. The maximum Gasteiger partial charge on any atom is 0.416 e. The van der Waals surface area contributed by atoms with Gasteiger partial charge in [0, 0.05) is 10.4 Å². The van der Waals surface area contributed by atoms with Crippen LogP contribution in [-0.4, -0.2) is 11.8 Å². The second kappa shape index (κ2) is 7.11. The third kappa shape index (κ3) is 4.07. The smallest absolute Gasteiger partial charge is 0.273 e. The molecule has 2 unspecified atom stereocenters. The molecule has 1 saturated carbocycles. The van der Waals surface area contributed by atoms with E-state index in [1.54, 1.807) is 30.3 Å². The number of alkyl halides is 3. The van der Waals surface area contributed by atoms with Gasteiger partial charge in [-0.15, -0.1) is 0 Å². The molecule has 1 fully saturated rings. The molecule has 2 aromatic carbocycles. The second-order valence-electron chi connectivity index (χ2n) is 6.00. The summed E-state index contributed by atoms with van der Waals surface area (Å²) in [5.74, 6) is -1.65. The summed E-state index contributed by atoms with van der Waals surface area (Å²) in [5.41, 5.74) is 4.75. The predicted molar refractivity (Wildman–Crippen MR) is 92.0 cm³/mol. The fourth-order valence-electron chi connectivity index (χ4n) is 2.72. The van der Waals surface area contributed by atoms with E-state index in [4.69, 9.17) is 0 Å². The van der Waals surface area contributed by atoms with E-state index in [1.807, 2.05) is 0 Å². The molecule has 4 nitrogen and oxygen atoms in total. The minimum Gasteiger partial charge on any atom is -0.273 e. The van der Waals surface area contributed by atoms with Crippen LogP contribution in [0.25, 0.3) is 0 Å². The summed E-state index contributed by atoms with van der Waals surface area (Å²) in [6.07, 6.45) is -3.97. The Kier molecular flexibility index (Phi) is 5.04. The number of halogens is 4. The molecule has 2 aromatic rings. The number of nitrogens with one attached hydrogen (secondary N) is 2. The van der Waals surface area contributed by atoms with Crippen molar-refractivity contribution < 1.29 is 22.8 Å². The van der Waals surface area contributed by atoms with Gasteiger partial charge in [-0.3, -0.25) is 20.4 Å². The molecule has 0 saturated heterocycles. The molecule has 1 aliphatic carbocycles. The molecule has 2 N–H and O–H groups in total. The van der Waals surface area contributed by atoms with Crippen molar-refractivity contribution in [1.29, 1.82) is 0 Å². The molecular weight excluding hydrogens is 413 g/mol. The highest BCUT2D eigenvalue weighted by Gasteiger charge is 2.45. The minimum absolute atomic E-state index is 0.280. The molecule has 3 rings (SSSR count). The summed E-state index contributed by atoms with van der Waals surface area (Å²) in [6.45, 7) is 0. The largest absolute Gasteiger partial charge is 0.416 e. The fraction of sp³-hybridized carbons (Fsp3) is 0.222. The molecule has 2 atom stereocenters. The van der Waals surface area contributed by atoms with Gasteiger partial charge in [0.15, 0.2) is 0 Å². The number of carbonyl (C=O) groups excluding carboxylic acids is 2. The maximum absolute atomic E-state index is 12.8. The number of hydrogen-bond donors (Lipinski definition) is 2. The van der Waals surface area contributed by atoms with Gasteiger partial charge in [-0.1, -0.05) is 30.3 Å². The first kappa shape index (κ1) is 18.4. The van der Waals surface area contributed by atoms with Crippen LogP contribution in [0.4, 0.5) is 13.2 Å². The van der Waals surface area contributed by atoms with Crippen LogP contribution >= 0.6 is 15.9 Å². The number of hydrogen-bond acceptors (Lipinski definition) is 2. The molecule has 0 heterocycles. The monoisotopic (exact) mass is 426 g/mol. The SMILES string of the molecule is O=C(NNC(=O)C1CC1c1cccc(C(F)(F)F)c1)c1ccccc1Br. The quantitative estimate of drug-likeness (QED) is 0.727. The Bertz CT molecular complexity index is 854. The zero-order valence-electron chi connectivity index (χ0n) is 13.3. The van der Waals surface area contributed by atoms with Crippen molar-refractivity contribution in [1.82, 2.24) is 10.9 Å². The van der Waals surface area contributed by atoms with Gasteiger partial charge in [-0.25, -0.2) is 0 Å². The molecule has 0 bridgehead atoms. The van der Waals surface area contributed by atoms with Gasteiger partial charge in [-0.2, -0.15) is 13.2 Å². The van der Waals surface area contributed by atoms with Crippen LogP contribution in [0, 0.1) is 5.92 Å². The Morgan fingerprint density at radius 1 is 1.04 bits per heavy atom. The van der Waals surface area contributed by atoms with Gasteiger partial charge in [0.2, 0.25) is 5.91 Å². The van der Waals surface area contributed by atoms with Crippen LogP contribution in [0.15, 0.2) is 53.0 Å². The standard InChI is InChI=1S/C18H14BrF3N2O2/c19-15-7-2-1-6-12(15)16(25)23-24-17(26)14-9-13(14)10-4-3-5-11(8-10)18(20,21)22/h1-8,13-14H,9H2,(H,23,25)(H,24,26). The molecule has 136 valence electrons. The maximum atomic E-state index is 12.8. The fourth-order valence-corrected chi connectivity index (χ4v) is 3.19. The van der Waals surface area contributed by atoms with Crippen molar-refractivity contribution in [2.45, 2.75) is 18.5 Å². The molecule has 8 heteroatoms. The molecule has 0 radical (unpaired) electrons. The van der Waals surface area contributed by atoms with Crippen LogP contribution in [0.5, 0.6) is 0 Å². The zero-order valence-corrected chi connectivity index (χ0v) is 14.9. The third-order valence-corrected chi connectivity index (χ3v) is 4.88. The van der Waals surface area contributed by atoms with Gasteiger partial charge in [-0.05, 0) is 52.0 Å². The molecule has 26 heavy (non-hydrogen) atoms. The highest BCUT2D eigenvalue weighted by molar-refractivity contribution is 9.10. The second-order valence-corrected chi connectivity index (χ2v) is 6.85. The van der Waals surface area contributed by atoms with E-state index >= 15 is 0 Å². The highest BCUT2D eigenvalue weighted by Crippen LogP contribution is 2.48. The predicted octanol–water partition coefficient (Wildman–Crippen LogP) is 4.03. The average Bonchev–Trinajstić information content (AvgIpc) is 3.40. The Balaban J connectivity index is 1.58. The van der Waals surface area contributed by atoms with Crippen molar-refractivity contribution in [2.75, 3.05) is 0 Å². The van der Waals surface area contributed by atoms with E-state index in [1.165, 1.54) is 6.07 Å². The van der Waals surface area contributed by atoms with E-state index in [2.05, 4.69) is 26.8 Å². The number of benzene rings is 2. The number of hydrazine groups is 1. The summed E-state index contributed by atoms with van der Waals surface area (Å²) >= 11 is 3.24. The van der Waals surface area contributed by atoms with E-state index in [9.17, 15) is 22.8 Å². The molecule has 1 aliphatic rings. The van der Waals surface area contributed by atoms with Crippen molar-refractivity contribution in [3.05, 3.63) is 69.7 Å². The van der Waals surface area contributed by atoms with Crippen molar-refractivity contribution in [3.8, 4) is 0 Å². The minimum atomic E-state index is -4.42. The van der Waals surface area contributed by atoms with E-state index in [-0.39, 0.29) is 5.92 Å². The van der Waals surface area contributed by atoms with Crippen molar-refractivity contribution in [3.63, 3.8) is 0 Å². The normalized spacial score (nSPS) is 18.9. The van der Waals surface area contributed by atoms with Gasteiger partial charge in [0.25, 0.3) is 5.91 Å². The van der Waals surface area contributed by atoms with E-state index in [0.717, 1.165) is 12.1 Å². The molecular formula is C18H14BrF3N2O2. The molecule has 2 amide bonds. The Morgan fingerprint density at radius 3 is 2.46 bits per heavy atom. The summed E-state index contributed by atoms with van der Waals surface area (Å²) in [6, 6.07) is 11.7. The van der Waals surface area contributed by atoms with Crippen molar-refractivity contribution >= 4 is 27.7 Å². The van der Waals surface area contributed by atoms with Crippen LogP contribution in [-0.2, 0) is 11.0 Å². The number of rotatable bonds is 3. The van der Waals surface area contributed by atoms with E-state index in [0.29, 0.717) is 22.0 Å². The Hall–Kier alpha value is -2.35. The topological polar surface area (TPSA) is 58.2 Å². The van der Waals surface area contributed by atoms with Crippen LogP contribution in [0.1, 0.15) is 33.8 Å². The first-order valence-corrected chi connectivity index (χ1v) is 8.58. The first-order valence-electron chi connectivity index (χ1n) is 7.79. The lowest BCUT2D eigenvalue weighted by Gasteiger charge is -2.10. The Labute approximate surface area is 155 Å². The summed E-state index contributed by atoms with van der Waals surface area (Å²) in [4.78, 5) is 24.2. The number of carbonyl (C=O) groups is 2. The molecule has 0 spiro atoms. The number of amides is 2. The van der Waals surface area contributed by atoms with Crippen LogP contribution in [0.3, 0.4) is 0 Å². The Morgan fingerprint density at radius 2 is 1.77 bits per heavy atom. The van der Waals surface area contributed by atoms with Crippen molar-refractivity contribution in [2.24, 2.45) is 5.92 Å². The molecule has 0 aliphatic heterocycles. The molecule has 0 aromatic heterocycles. The first-order chi connectivity index (χ1) is 12.3. The van der Waals surface area contributed by atoms with Gasteiger partial charge in [0.05, 0.1) is 11.1 Å². The lowest BCUT2D eigenvalue weighted by molar-refractivity contribution is -0.137. The lowest BCUT2D eigenvalue weighted by Crippen LogP contribution is -2.42. The van der Waals surface area contributed by atoms with Gasteiger partial charge < -0.3 is 0 Å². The van der Waals surface area contributed by atoms with Gasteiger partial charge in [0.1, 0.15) is 0 Å². The summed E-state index contributed by atoms with van der Waals surface area (Å²) < 4.78 is 38.9. The third-order valence-electron chi connectivity index (χ3n) is 4.19.